The topological polar surface area (TPSA) is 29.3 Å². The molecule has 3 heteroatoms. The number of thioether (sulfide) groups is 1. The van der Waals surface area contributed by atoms with E-state index in [1.807, 2.05) is 0 Å². The Morgan fingerprint density at radius 1 is 1.33 bits per heavy atom. The molecule has 0 aromatic rings. The van der Waals surface area contributed by atoms with E-state index in [0.29, 0.717) is 5.41 Å². The first-order valence-corrected chi connectivity index (χ1v) is 8.79. The quantitative estimate of drug-likeness (QED) is 0.851. The van der Waals surface area contributed by atoms with Crippen molar-refractivity contribution in [3.8, 4) is 0 Å². The van der Waals surface area contributed by atoms with Crippen molar-refractivity contribution in [2.45, 2.75) is 58.5 Å². The second kappa shape index (κ2) is 6.15. The zero-order valence-electron chi connectivity index (χ0n) is 12.3. The zero-order valence-corrected chi connectivity index (χ0v) is 13.1. The molecule has 3 atom stereocenters. The van der Waals surface area contributed by atoms with Crippen LogP contribution >= 0.6 is 11.8 Å². The Balaban J connectivity index is 2.11. The van der Waals surface area contributed by atoms with Gasteiger partial charge in [0, 0.05) is 17.8 Å². The number of nitrogens with two attached hydrogens (primary N) is 1. The highest BCUT2D eigenvalue weighted by molar-refractivity contribution is 7.99. The van der Waals surface area contributed by atoms with Crippen LogP contribution < -0.4 is 5.73 Å². The SMILES string of the molecule is CCN(C1CCCC1CN)C1CSCCC1(C)C. The number of hydrogen-bond acceptors (Lipinski definition) is 3. The van der Waals surface area contributed by atoms with E-state index in [0.717, 1.165) is 24.5 Å². The fourth-order valence-corrected chi connectivity index (χ4v) is 5.58. The highest BCUT2D eigenvalue weighted by Crippen LogP contribution is 2.41. The molecule has 0 aromatic carbocycles. The van der Waals surface area contributed by atoms with Crippen LogP contribution in [0, 0.1) is 11.3 Å². The van der Waals surface area contributed by atoms with Gasteiger partial charge in [-0.05, 0) is 49.4 Å². The molecular weight excluding hydrogens is 240 g/mol. The molecule has 0 bridgehead atoms. The van der Waals surface area contributed by atoms with Crippen LogP contribution in [0.15, 0.2) is 0 Å². The maximum atomic E-state index is 5.98. The monoisotopic (exact) mass is 270 g/mol. The molecule has 2 fully saturated rings. The highest BCUT2D eigenvalue weighted by atomic mass is 32.2. The van der Waals surface area contributed by atoms with Gasteiger partial charge in [0.05, 0.1) is 0 Å². The van der Waals surface area contributed by atoms with Crippen LogP contribution in [-0.2, 0) is 0 Å². The van der Waals surface area contributed by atoms with Crippen molar-refractivity contribution in [2.24, 2.45) is 17.1 Å². The Morgan fingerprint density at radius 2 is 2.11 bits per heavy atom. The van der Waals surface area contributed by atoms with Gasteiger partial charge in [0.2, 0.25) is 0 Å². The van der Waals surface area contributed by atoms with Crippen molar-refractivity contribution in [1.82, 2.24) is 4.90 Å². The average molecular weight is 270 g/mol. The van der Waals surface area contributed by atoms with Crippen LogP contribution in [0.1, 0.15) is 46.5 Å². The molecule has 1 saturated heterocycles. The number of rotatable bonds is 4. The summed E-state index contributed by atoms with van der Waals surface area (Å²) in [5.41, 5.74) is 6.46. The predicted molar refractivity (Wildman–Crippen MR) is 82.1 cm³/mol. The van der Waals surface area contributed by atoms with Gasteiger partial charge in [-0.25, -0.2) is 0 Å². The van der Waals surface area contributed by atoms with Crippen LogP contribution in [-0.4, -0.2) is 41.6 Å². The van der Waals surface area contributed by atoms with Gasteiger partial charge in [0.25, 0.3) is 0 Å². The van der Waals surface area contributed by atoms with Crippen LogP contribution in [0.25, 0.3) is 0 Å². The van der Waals surface area contributed by atoms with Crippen molar-refractivity contribution in [3.63, 3.8) is 0 Å². The maximum Gasteiger partial charge on any atom is 0.0240 e. The smallest absolute Gasteiger partial charge is 0.0240 e. The minimum atomic E-state index is 0.475. The van der Waals surface area contributed by atoms with Crippen LogP contribution in [0.4, 0.5) is 0 Å². The minimum Gasteiger partial charge on any atom is -0.330 e. The molecule has 106 valence electrons. The molecule has 1 aliphatic carbocycles. The van der Waals surface area contributed by atoms with Crippen LogP contribution in [0.2, 0.25) is 0 Å². The van der Waals surface area contributed by atoms with Gasteiger partial charge in [-0.3, -0.25) is 4.90 Å². The molecule has 0 amide bonds. The van der Waals surface area contributed by atoms with Gasteiger partial charge < -0.3 is 5.73 Å². The molecule has 2 rings (SSSR count). The summed E-state index contributed by atoms with van der Waals surface area (Å²) < 4.78 is 0. The van der Waals surface area contributed by atoms with Crippen molar-refractivity contribution in [2.75, 3.05) is 24.6 Å². The third-order valence-corrected chi connectivity index (χ3v) is 6.23. The van der Waals surface area contributed by atoms with Gasteiger partial charge >= 0.3 is 0 Å². The summed E-state index contributed by atoms with van der Waals surface area (Å²) in [7, 11) is 0. The molecule has 2 N–H and O–H groups in total. The first kappa shape index (κ1) is 14.7. The third-order valence-electron chi connectivity index (χ3n) is 5.18. The Morgan fingerprint density at radius 3 is 2.72 bits per heavy atom. The van der Waals surface area contributed by atoms with Crippen molar-refractivity contribution < 1.29 is 0 Å². The Hall–Kier alpha value is 0.270. The summed E-state index contributed by atoms with van der Waals surface area (Å²) in [4.78, 5) is 2.80. The van der Waals surface area contributed by atoms with E-state index >= 15 is 0 Å². The summed E-state index contributed by atoms with van der Waals surface area (Å²) in [5, 5.41) is 0. The second-order valence-corrected chi connectivity index (χ2v) is 7.80. The molecule has 2 aliphatic rings. The molecule has 0 radical (unpaired) electrons. The van der Waals surface area contributed by atoms with Gasteiger partial charge in [0.1, 0.15) is 0 Å². The fraction of sp³-hybridized carbons (Fsp3) is 1.00. The summed E-state index contributed by atoms with van der Waals surface area (Å²) >= 11 is 2.14. The standard InChI is InChI=1S/C15H30N2S/c1-4-17(13-7-5-6-12(13)10-16)14-11-18-9-8-15(14,2)3/h12-14H,4-11,16H2,1-3H3. The molecule has 3 unspecified atom stereocenters. The molecule has 1 aliphatic heterocycles. The van der Waals surface area contributed by atoms with E-state index in [1.54, 1.807) is 0 Å². The lowest BCUT2D eigenvalue weighted by Crippen LogP contribution is -2.54. The van der Waals surface area contributed by atoms with E-state index in [4.69, 9.17) is 5.73 Å². The van der Waals surface area contributed by atoms with Crippen LogP contribution in [0.5, 0.6) is 0 Å². The zero-order chi connectivity index (χ0) is 13.2. The summed E-state index contributed by atoms with van der Waals surface area (Å²) in [6.45, 7) is 9.33. The normalized spacial score (nSPS) is 36.2. The molecule has 2 nitrogen and oxygen atoms in total. The fourth-order valence-electron chi connectivity index (χ4n) is 3.88. The van der Waals surface area contributed by atoms with E-state index < -0.39 is 0 Å². The first-order valence-electron chi connectivity index (χ1n) is 7.63. The Kier molecular flexibility index (Phi) is 5.01. The lowest BCUT2D eigenvalue weighted by Gasteiger charge is -2.48. The van der Waals surface area contributed by atoms with E-state index in [1.165, 1.54) is 43.7 Å². The lowest BCUT2D eigenvalue weighted by atomic mass is 9.80. The van der Waals surface area contributed by atoms with E-state index in [-0.39, 0.29) is 0 Å². The van der Waals surface area contributed by atoms with Gasteiger partial charge in [0.15, 0.2) is 0 Å². The van der Waals surface area contributed by atoms with Crippen molar-refractivity contribution >= 4 is 11.8 Å². The van der Waals surface area contributed by atoms with Gasteiger partial charge in [-0.2, -0.15) is 11.8 Å². The molecular formula is C15H30N2S. The Labute approximate surface area is 117 Å². The average Bonchev–Trinajstić information content (AvgIpc) is 2.80. The van der Waals surface area contributed by atoms with E-state index in [2.05, 4.69) is 37.4 Å². The van der Waals surface area contributed by atoms with Crippen LogP contribution in [0.3, 0.4) is 0 Å². The van der Waals surface area contributed by atoms with Crippen molar-refractivity contribution in [1.29, 1.82) is 0 Å². The Bertz CT molecular complexity index is 267. The predicted octanol–water partition coefficient (Wildman–Crippen LogP) is 2.97. The summed E-state index contributed by atoms with van der Waals surface area (Å²) in [6, 6.07) is 1.50. The molecule has 1 heterocycles. The van der Waals surface area contributed by atoms with Crippen molar-refractivity contribution in [3.05, 3.63) is 0 Å². The third kappa shape index (κ3) is 2.88. The van der Waals surface area contributed by atoms with E-state index in [9.17, 15) is 0 Å². The minimum absolute atomic E-state index is 0.475. The highest BCUT2D eigenvalue weighted by Gasteiger charge is 2.41. The second-order valence-electron chi connectivity index (χ2n) is 6.65. The summed E-state index contributed by atoms with van der Waals surface area (Å²) in [6.07, 6.45) is 5.45. The first-order chi connectivity index (χ1) is 8.60. The maximum absolute atomic E-state index is 5.98. The largest absolute Gasteiger partial charge is 0.330 e. The lowest BCUT2D eigenvalue weighted by molar-refractivity contribution is 0.0483. The molecule has 1 saturated carbocycles. The molecule has 18 heavy (non-hydrogen) atoms. The number of hydrogen-bond donors (Lipinski definition) is 1. The number of nitrogens with zero attached hydrogens (tertiary/aromatic N) is 1. The molecule has 0 aromatic heterocycles. The summed E-state index contributed by atoms with van der Waals surface area (Å²) in [5.74, 6) is 3.40. The van der Waals surface area contributed by atoms with Gasteiger partial charge in [-0.1, -0.05) is 27.2 Å². The van der Waals surface area contributed by atoms with Gasteiger partial charge in [-0.15, -0.1) is 0 Å². The molecule has 0 spiro atoms.